The number of hydrogen-bond donors (Lipinski definition) is 1. The summed E-state index contributed by atoms with van der Waals surface area (Å²) in [5.41, 5.74) is 1.01. The van der Waals surface area contributed by atoms with E-state index in [9.17, 15) is 4.79 Å². The van der Waals surface area contributed by atoms with Crippen LogP contribution >= 0.6 is 0 Å². The molecule has 0 radical (unpaired) electrons. The quantitative estimate of drug-likeness (QED) is 0.877. The minimum Gasteiger partial charge on any atom is -0.360 e. The van der Waals surface area contributed by atoms with Gasteiger partial charge in [-0.3, -0.25) is 4.79 Å². The lowest BCUT2D eigenvalue weighted by molar-refractivity contribution is 0.0909. The fraction of sp³-hybridized carbons (Fsp3) is 0.692. The van der Waals surface area contributed by atoms with Crippen molar-refractivity contribution in [2.45, 2.75) is 59.4 Å². The van der Waals surface area contributed by atoms with E-state index in [-0.39, 0.29) is 11.4 Å². The summed E-state index contributed by atoms with van der Waals surface area (Å²) in [6.45, 7) is 9.84. The largest absolute Gasteiger partial charge is 0.360 e. The third-order valence-corrected chi connectivity index (χ3v) is 2.48. The van der Waals surface area contributed by atoms with E-state index >= 15 is 0 Å². The topological polar surface area (TPSA) is 55.1 Å². The Labute approximate surface area is 103 Å². The molecule has 0 aliphatic heterocycles. The van der Waals surface area contributed by atoms with Gasteiger partial charge in [0.25, 0.3) is 5.91 Å². The first-order valence-electron chi connectivity index (χ1n) is 6.13. The predicted octanol–water partition coefficient (Wildman–Crippen LogP) is 2.85. The first-order chi connectivity index (χ1) is 7.85. The smallest absolute Gasteiger partial charge is 0.274 e. The van der Waals surface area contributed by atoms with Crippen LogP contribution < -0.4 is 5.32 Å². The third kappa shape index (κ3) is 3.88. The first kappa shape index (κ1) is 13.7. The fourth-order valence-electron chi connectivity index (χ4n) is 1.55. The Bertz CT molecular complexity index is 389. The summed E-state index contributed by atoms with van der Waals surface area (Å²) in [4.78, 5) is 11.9. The predicted molar refractivity (Wildman–Crippen MR) is 67.1 cm³/mol. The van der Waals surface area contributed by atoms with Crippen molar-refractivity contribution in [1.29, 1.82) is 0 Å². The van der Waals surface area contributed by atoms with Crippen LogP contribution in [-0.4, -0.2) is 16.6 Å². The van der Waals surface area contributed by atoms with Gasteiger partial charge in [0.1, 0.15) is 5.76 Å². The summed E-state index contributed by atoms with van der Waals surface area (Å²) < 4.78 is 5.22. The number of nitrogens with zero attached hydrogens (tertiary/aromatic N) is 1. The molecule has 96 valence electrons. The number of nitrogens with one attached hydrogen (secondary N) is 1. The van der Waals surface area contributed by atoms with Gasteiger partial charge in [0.15, 0.2) is 5.69 Å². The van der Waals surface area contributed by atoms with Gasteiger partial charge in [0, 0.05) is 17.5 Å². The fourth-order valence-corrected chi connectivity index (χ4v) is 1.55. The number of aromatic nitrogens is 1. The SMILES string of the molecule is CCCCc1onc(C(=O)NC(C)(C)C)c1C. The molecular formula is C13H22N2O2. The molecule has 1 aromatic heterocycles. The number of unbranched alkanes of at least 4 members (excludes halogenated alkanes) is 1. The molecule has 0 bridgehead atoms. The molecule has 0 spiro atoms. The molecule has 4 heteroatoms. The van der Waals surface area contributed by atoms with Gasteiger partial charge in [-0.15, -0.1) is 0 Å². The van der Waals surface area contributed by atoms with E-state index in [1.165, 1.54) is 0 Å². The van der Waals surface area contributed by atoms with Crippen LogP contribution in [0.15, 0.2) is 4.52 Å². The maximum absolute atomic E-state index is 11.9. The number of carbonyl (C=O) groups is 1. The molecule has 0 unspecified atom stereocenters. The van der Waals surface area contributed by atoms with Crippen molar-refractivity contribution >= 4 is 5.91 Å². The Balaban J connectivity index is 2.78. The highest BCUT2D eigenvalue weighted by molar-refractivity contribution is 5.94. The molecule has 1 rings (SSSR count). The number of amides is 1. The highest BCUT2D eigenvalue weighted by Crippen LogP contribution is 2.16. The van der Waals surface area contributed by atoms with E-state index in [1.54, 1.807) is 0 Å². The number of carbonyl (C=O) groups excluding carboxylic acids is 1. The molecule has 0 saturated heterocycles. The lowest BCUT2D eigenvalue weighted by atomic mass is 10.1. The zero-order chi connectivity index (χ0) is 13.1. The van der Waals surface area contributed by atoms with Crippen LogP contribution in [0, 0.1) is 6.92 Å². The molecule has 0 saturated carbocycles. The lowest BCUT2D eigenvalue weighted by Gasteiger charge is -2.19. The van der Waals surface area contributed by atoms with Crippen LogP contribution in [0.3, 0.4) is 0 Å². The minimum atomic E-state index is -0.258. The lowest BCUT2D eigenvalue weighted by Crippen LogP contribution is -2.41. The highest BCUT2D eigenvalue weighted by atomic mass is 16.5. The number of hydrogen-bond acceptors (Lipinski definition) is 3. The van der Waals surface area contributed by atoms with E-state index in [4.69, 9.17) is 4.52 Å². The zero-order valence-electron chi connectivity index (χ0n) is 11.4. The molecule has 0 aliphatic rings. The molecule has 1 heterocycles. The Morgan fingerprint density at radius 1 is 1.41 bits per heavy atom. The molecule has 0 aromatic carbocycles. The van der Waals surface area contributed by atoms with Crippen LogP contribution in [0.4, 0.5) is 0 Å². The van der Waals surface area contributed by atoms with Crippen LogP contribution in [0.1, 0.15) is 62.3 Å². The van der Waals surface area contributed by atoms with Gasteiger partial charge in [0.05, 0.1) is 0 Å². The Morgan fingerprint density at radius 3 is 2.59 bits per heavy atom. The van der Waals surface area contributed by atoms with E-state index in [2.05, 4.69) is 17.4 Å². The summed E-state index contributed by atoms with van der Waals surface area (Å²) in [5, 5.41) is 6.75. The Kier molecular flexibility index (Phi) is 4.32. The van der Waals surface area contributed by atoms with Gasteiger partial charge < -0.3 is 9.84 Å². The van der Waals surface area contributed by atoms with Crippen molar-refractivity contribution < 1.29 is 9.32 Å². The molecule has 1 N–H and O–H groups in total. The summed E-state index contributed by atoms with van der Waals surface area (Å²) >= 11 is 0. The van der Waals surface area contributed by atoms with Crippen LogP contribution in [0.2, 0.25) is 0 Å². The second-order valence-electron chi connectivity index (χ2n) is 5.39. The van der Waals surface area contributed by atoms with Gasteiger partial charge in [-0.05, 0) is 34.1 Å². The summed E-state index contributed by atoms with van der Waals surface area (Å²) in [6, 6.07) is 0. The van der Waals surface area contributed by atoms with E-state index in [0.29, 0.717) is 5.69 Å². The third-order valence-electron chi connectivity index (χ3n) is 2.48. The maximum atomic E-state index is 11.9. The van der Waals surface area contributed by atoms with E-state index in [0.717, 1.165) is 30.6 Å². The van der Waals surface area contributed by atoms with E-state index < -0.39 is 0 Å². The normalized spacial score (nSPS) is 11.6. The molecule has 1 aromatic rings. The van der Waals surface area contributed by atoms with Gasteiger partial charge in [-0.1, -0.05) is 18.5 Å². The summed E-state index contributed by atoms with van der Waals surface area (Å²) in [7, 11) is 0. The molecule has 0 fully saturated rings. The first-order valence-corrected chi connectivity index (χ1v) is 6.13. The van der Waals surface area contributed by atoms with E-state index in [1.807, 2.05) is 27.7 Å². The number of aryl methyl sites for hydroxylation is 1. The van der Waals surface area contributed by atoms with Crippen LogP contribution in [0.25, 0.3) is 0 Å². The van der Waals surface area contributed by atoms with Crippen molar-refractivity contribution in [3.8, 4) is 0 Å². The summed E-state index contributed by atoms with van der Waals surface area (Å²) in [5.74, 6) is 0.660. The van der Waals surface area contributed by atoms with Gasteiger partial charge in [-0.25, -0.2) is 0 Å². The standard InChI is InChI=1S/C13H22N2O2/c1-6-7-8-10-9(2)11(15-17-10)12(16)14-13(3,4)5/h6-8H2,1-5H3,(H,14,16). The van der Waals surface area contributed by atoms with Crippen molar-refractivity contribution in [2.24, 2.45) is 0 Å². The van der Waals surface area contributed by atoms with Gasteiger partial charge >= 0.3 is 0 Å². The summed E-state index contributed by atoms with van der Waals surface area (Å²) in [6.07, 6.45) is 3.00. The Morgan fingerprint density at radius 2 is 2.06 bits per heavy atom. The second kappa shape index (κ2) is 5.34. The molecule has 1 amide bonds. The molecule has 0 aliphatic carbocycles. The van der Waals surface area contributed by atoms with Gasteiger partial charge in [0.2, 0.25) is 0 Å². The molecule has 17 heavy (non-hydrogen) atoms. The van der Waals surface area contributed by atoms with Crippen LogP contribution in [0.5, 0.6) is 0 Å². The number of rotatable bonds is 4. The average Bonchev–Trinajstić information content (AvgIpc) is 2.54. The van der Waals surface area contributed by atoms with Crippen molar-refractivity contribution in [3.05, 3.63) is 17.0 Å². The minimum absolute atomic E-state index is 0.165. The average molecular weight is 238 g/mol. The molecule has 0 atom stereocenters. The van der Waals surface area contributed by atoms with Gasteiger partial charge in [-0.2, -0.15) is 0 Å². The van der Waals surface area contributed by atoms with Crippen molar-refractivity contribution in [1.82, 2.24) is 10.5 Å². The monoisotopic (exact) mass is 238 g/mol. The zero-order valence-corrected chi connectivity index (χ0v) is 11.4. The molecular weight excluding hydrogens is 216 g/mol. The second-order valence-corrected chi connectivity index (χ2v) is 5.39. The Hall–Kier alpha value is -1.32. The highest BCUT2D eigenvalue weighted by Gasteiger charge is 2.22. The van der Waals surface area contributed by atoms with Crippen molar-refractivity contribution in [2.75, 3.05) is 0 Å². The maximum Gasteiger partial charge on any atom is 0.274 e. The van der Waals surface area contributed by atoms with Crippen molar-refractivity contribution in [3.63, 3.8) is 0 Å². The van der Waals surface area contributed by atoms with Crippen LogP contribution in [-0.2, 0) is 6.42 Å². The molecule has 4 nitrogen and oxygen atoms in total.